The average molecular weight is 281 g/mol. The monoisotopic (exact) mass is 281 g/mol. The SMILES string of the molecule is Cc1c(C#N)nc(CC(C)C)n(Cc2ccccc2)c1=O. The van der Waals surface area contributed by atoms with Crippen molar-refractivity contribution in [1.29, 1.82) is 5.26 Å². The van der Waals surface area contributed by atoms with Gasteiger partial charge >= 0.3 is 0 Å². The number of rotatable bonds is 4. The molecule has 4 heteroatoms. The van der Waals surface area contributed by atoms with E-state index in [1.165, 1.54) is 0 Å². The third-order valence-corrected chi connectivity index (χ3v) is 3.35. The highest BCUT2D eigenvalue weighted by atomic mass is 16.1. The maximum absolute atomic E-state index is 12.5. The highest BCUT2D eigenvalue weighted by Gasteiger charge is 2.14. The summed E-state index contributed by atoms with van der Waals surface area (Å²) >= 11 is 0. The van der Waals surface area contributed by atoms with Crippen LogP contribution in [0.5, 0.6) is 0 Å². The van der Waals surface area contributed by atoms with E-state index in [0.717, 1.165) is 5.56 Å². The maximum atomic E-state index is 12.5. The first-order chi connectivity index (χ1) is 10.0. The number of hydrogen-bond donors (Lipinski definition) is 0. The zero-order valence-corrected chi connectivity index (χ0v) is 12.6. The Morgan fingerprint density at radius 2 is 1.95 bits per heavy atom. The van der Waals surface area contributed by atoms with Crippen molar-refractivity contribution in [3.05, 3.63) is 63.3 Å². The van der Waals surface area contributed by atoms with Gasteiger partial charge in [-0.15, -0.1) is 0 Å². The van der Waals surface area contributed by atoms with Crippen LogP contribution >= 0.6 is 0 Å². The lowest BCUT2D eigenvalue weighted by Crippen LogP contribution is -2.29. The van der Waals surface area contributed by atoms with Crippen molar-refractivity contribution in [2.45, 2.75) is 33.7 Å². The van der Waals surface area contributed by atoms with Crippen molar-refractivity contribution in [3.8, 4) is 6.07 Å². The summed E-state index contributed by atoms with van der Waals surface area (Å²) in [5.74, 6) is 1.05. The van der Waals surface area contributed by atoms with Crippen LogP contribution in [0.25, 0.3) is 0 Å². The summed E-state index contributed by atoms with van der Waals surface area (Å²) in [6.07, 6.45) is 0.678. The normalized spacial score (nSPS) is 10.6. The molecule has 0 aliphatic heterocycles. The van der Waals surface area contributed by atoms with Crippen LogP contribution in [-0.2, 0) is 13.0 Å². The summed E-state index contributed by atoms with van der Waals surface area (Å²) in [5.41, 5.74) is 1.58. The van der Waals surface area contributed by atoms with E-state index < -0.39 is 0 Å². The number of aromatic nitrogens is 2. The van der Waals surface area contributed by atoms with Gasteiger partial charge in [0.1, 0.15) is 11.9 Å². The largest absolute Gasteiger partial charge is 0.292 e. The Kier molecular flexibility index (Phi) is 4.54. The van der Waals surface area contributed by atoms with Gasteiger partial charge in [0.2, 0.25) is 0 Å². The summed E-state index contributed by atoms with van der Waals surface area (Å²) in [6, 6.07) is 11.8. The lowest BCUT2D eigenvalue weighted by molar-refractivity contribution is 0.565. The van der Waals surface area contributed by atoms with E-state index in [9.17, 15) is 4.79 Å². The van der Waals surface area contributed by atoms with Crippen molar-refractivity contribution < 1.29 is 0 Å². The molecule has 0 spiro atoms. The van der Waals surface area contributed by atoms with Crippen molar-refractivity contribution >= 4 is 0 Å². The zero-order valence-electron chi connectivity index (χ0n) is 12.6. The highest BCUT2D eigenvalue weighted by Crippen LogP contribution is 2.10. The molecule has 4 nitrogen and oxygen atoms in total. The van der Waals surface area contributed by atoms with E-state index in [2.05, 4.69) is 18.8 Å². The molecule has 0 unspecified atom stereocenters. The van der Waals surface area contributed by atoms with Gasteiger partial charge in [0, 0.05) is 6.42 Å². The lowest BCUT2D eigenvalue weighted by atomic mass is 10.1. The molecule has 1 aromatic heterocycles. The fraction of sp³-hybridized carbons (Fsp3) is 0.353. The van der Waals surface area contributed by atoms with Gasteiger partial charge in [-0.05, 0) is 18.4 Å². The Morgan fingerprint density at radius 3 is 2.52 bits per heavy atom. The van der Waals surface area contributed by atoms with Crippen LogP contribution in [0.2, 0.25) is 0 Å². The second-order valence-corrected chi connectivity index (χ2v) is 5.59. The molecular formula is C17H19N3O. The quantitative estimate of drug-likeness (QED) is 0.865. The van der Waals surface area contributed by atoms with E-state index in [1.807, 2.05) is 36.4 Å². The Bertz CT molecular complexity index is 724. The summed E-state index contributed by atoms with van der Waals surface area (Å²) in [6.45, 7) is 6.30. The minimum Gasteiger partial charge on any atom is -0.292 e. The topological polar surface area (TPSA) is 58.7 Å². The molecule has 108 valence electrons. The van der Waals surface area contributed by atoms with Gasteiger partial charge in [0.25, 0.3) is 5.56 Å². The molecule has 2 aromatic rings. The molecule has 0 amide bonds. The molecule has 0 bridgehead atoms. The summed E-state index contributed by atoms with van der Waals surface area (Å²) in [7, 11) is 0. The molecule has 0 fully saturated rings. The van der Waals surface area contributed by atoms with Crippen molar-refractivity contribution in [3.63, 3.8) is 0 Å². The van der Waals surface area contributed by atoms with Gasteiger partial charge in [0.05, 0.1) is 12.1 Å². The van der Waals surface area contributed by atoms with Crippen LogP contribution in [0.4, 0.5) is 0 Å². The van der Waals surface area contributed by atoms with Crippen LogP contribution in [0.15, 0.2) is 35.1 Å². The Balaban J connectivity index is 2.54. The van der Waals surface area contributed by atoms with Crippen molar-refractivity contribution in [2.75, 3.05) is 0 Å². The van der Waals surface area contributed by atoms with Gasteiger partial charge in [-0.2, -0.15) is 5.26 Å². The summed E-state index contributed by atoms with van der Waals surface area (Å²) in [4.78, 5) is 16.9. The first kappa shape index (κ1) is 15.0. The van der Waals surface area contributed by atoms with E-state index >= 15 is 0 Å². The lowest BCUT2D eigenvalue weighted by Gasteiger charge is -2.15. The zero-order chi connectivity index (χ0) is 15.4. The Labute approximate surface area is 124 Å². The minimum atomic E-state index is -0.124. The number of hydrogen-bond acceptors (Lipinski definition) is 3. The molecule has 1 heterocycles. The van der Waals surface area contributed by atoms with E-state index in [-0.39, 0.29) is 11.3 Å². The van der Waals surface area contributed by atoms with Gasteiger partial charge in [-0.25, -0.2) is 4.98 Å². The third-order valence-electron chi connectivity index (χ3n) is 3.35. The average Bonchev–Trinajstić information content (AvgIpc) is 2.47. The molecule has 0 atom stereocenters. The standard InChI is InChI=1S/C17H19N3O/c1-12(2)9-16-19-15(10-18)13(3)17(21)20(16)11-14-7-5-4-6-8-14/h4-8,12H,9,11H2,1-3H3. The second kappa shape index (κ2) is 6.36. The van der Waals surface area contributed by atoms with Gasteiger partial charge in [0.15, 0.2) is 5.69 Å². The van der Waals surface area contributed by atoms with Crippen LogP contribution in [0.1, 0.15) is 36.5 Å². The van der Waals surface area contributed by atoms with E-state index in [4.69, 9.17) is 5.26 Å². The Morgan fingerprint density at radius 1 is 1.29 bits per heavy atom. The van der Waals surface area contributed by atoms with Gasteiger partial charge in [-0.1, -0.05) is 44.2 Å². The molecule has 0 saturated carbocycles. The first-order valence-corrected chi connectivity index (χ1v) is 7.07. The molecule has 1 aromatic carbocycles. The van der Waals surface area contributed by atoms with Crippen LogP contribution in [0.3, 0.4) is 0 Å². The predicted molar refractivity (Wildman–Crippen MR) is 82.0 cm³/mol. The summed E-state index contributed by atoms with van der Waals surface area (Å²) < 4.78 is 1.69. The maximum Gasteiger partial charge on any atom is 0.258 e. The van der Waals surface area contributed by atoms with Gasteiger partial charge in [-0.3, -0.25) is 9.36 Å². The van der Waals surface area contributed by atoms with Crippen molar-refractivity contribution in [1.82, 2.24) is 9.55 Å². The van der Waals surface area contributed by atoms with Crippen molar-refractivity contribution in [2.24, 2.45) is 5.92 Å². The number of nitrogens with zero attached hydrogens (tertiary/aromatic N) is 3. The fourth-order valence-corrected chi connectivity index (χ4v) is 2.25. The number of nitriles is 1. The molecule has 0 aliphatic rings. The minimum absolute atomic E-state index is 0.124. The van der Waals surface area contributed by atoms with E-state index in [1.54, 1.807) is 11.5 Å². The van der Waals surface area contributed by atoms with Crippen LogP contribution in [-0.4, -0.2) is 9.55 Å². The Hall–Kier alpha value is -2.41. The molecule has 0 radical (unpaired) electrons. The first-order valence-electron chi connectivity index (χ1n) is 7.07. The van der Waals surface area contributed by atoms with Crippen LogP contribution in [0, 0.1) is 24.2 Å². The molecule has 0 saturated heterocycles. The number of benzene rings is 1. The smallest absolute Gasteiger partial charge is 0.258 e. The van der Waals surface area contributed by atoms with Gasteiger partial charge < -0.3 is 0 Å². The van der Waals surface area contributed by atoms with Crippen LogP contribution < -0.4 is 5.56 Å². The third kappa shape index (κ3) is 3.38. The fourth-order valence-electron chi connectivity index (χ4n) is 2.25. The highest BCUT2D eigenvalue weighted by molar-refractivity contribution is 5.29. The molecule has 0 N–H and O–H groups in total. The van der Waals surface area contributed by atoms with E-state index in [0.29, 0.717) is 30.3 Å². The molecular weight excluding hydrogens is 262 g/mol. The predicted octanol–water partition coefficient (Wildman–Crippen LogP) is 2.67. The second-order valence-electron chi connectivity index (χ2n) is 5.59. The molecule has 0 aliphatic carbocycles. The molecule has 21 heavy (non-hydrogen) atoms. The summed E-state index contributed by atoms with van der Waals surface area (Å²) in [5, 5.41) is 9.12. The molecule has 2 rings (SSSR count).